The van der Waals surface area contributed by atoms with Crippen molar-refractivity contribution in [3.05, 3.63) is 36.4 Å². The highest BCUT2D eigenvalue weighted by Crippen LogP contribution is 1.79. The zero-order valence-corrected chi connectivity index (χ0v) is 8.36. The Balaban J connectivity index is 0. The van der Waals surface area contributed by atoms with E-state index in [1.54, 1.807) is 0 Å². The molecule has 0 unspecified atom stereocenters. The molecule has 0 saturated carbocycles. The Labute approximate surface area is 75.3 Å². The highest BCUT2D eigenvalue weighted by Gasteiger charge is 1.88. The monoisotopic (exact) mass is 169 g/mol. The fraction of sp³-hybridized carbons (Fsp3) is 0.400. The van der Waals surface area contributed by atoms with Crippen molar-refractivity contribution in [1.82, 2.24) is 0 Å². The lowest BCUT2D eigenvalue weighted by molar-refractivity contribution is -0.849. The van der Waals surface area contributed by atoms with Gasteiger partial charge in [0.15, 0.2) is 0 Å². The lowest BCUT2D eigenvalue weighted by Crippen LogP contribution is -2.27. The average molecular weight is 169 g/mol. The maximum Gasteiger partial charge on any atom is 0.0675 e. The highest BCUT2D eigenvalue weighted by molar-refractivity contribution is 4.99. The number of rotatable bonds is 0. The minimum Gasteiger partial charge on any atom is -0.870 e. The van der Waals surface area contributed by atoms with Gasteiger partial charge in [0.2, 0.25) is 0 Å². The minimum absolute atomic E-state index is 0. The molecule has 1 aromatic carbocycles. The van der Waals surface area contributed by atoms with Crippen molar-refractivity contribution in [2.75, 3.05) is 28.2 Å². The summed E-state index contributed by atoms with van der Waals surface area (Å²) in [6, 6.07) is 12.0. The molecule has 0 amide bonds. The molecule has 0 aliphatic carbocycles. The first kappa shape index (κ1) is 13.7. The van der Waals surface area contributed by atoms with Gasteiger partial charge in [-0.15, -0.1) is 0 Å². The molecule has 2 nitrogen and oxygen atoms in total. The summed E-state index contributed by atoms with van der Waals surface area (Å²) in [6.45, 7) is 0. The molecule has 1 rings (SSSR count). The van der Waals surface area contributed by atoms with Gasteiger partial charge in [-0.05, 0) is 0 Å². The van der Waals surface area contributed by atoms with Gasteiger partial charge in [0, 0.05) is 0 Å². The van der Waals surface area contributed by atoms with Crippen LogP contribution in [0.15, 0.2) is 36.4 Å². The molecule has 2 heteroatoms. The summed E-state index contributed by atoms with van der Waals surface area (Å²) < 4.78 is 1.00. The van der Waals surface area contributed by atoms with E-state index in [0.29, 0.717) is 0 Å². The Morgan fingerprint density at radius 1 is 0.583 bits per heavy atom. The van der Waals surface area contributed by atoms with E-state index in [9.17, 15) is 0 Å². The van der Waals surface area contributed by atoms with E-state index in [-0.39, 0.29) is 5.48 Å². The van der Waals surface area contributed by atoms with Crippen LogP contribution in [0.25, 0.3) is 0 Å². The molecule has 1 N–H and O–H groups in total. The first-order chi connectivity index (χ1) is 5.00. The normalized spacial score (nSPS) is 9.00. The van der Waals surface area contributed by atoms with E-state index in [1.165, 1.54) is 0 Å². The van der Waals surface area contributed by atoms with E-state index in [1.807, 2.05) is 36.4 Å². The van der Waals surface area contributed by atoms with Gasteiger partial charge in [-0.25, -0.2) is 0 Å². The standard InChI is InChI=1S/C6H6.C4H12N.H2O/c1-2-4-6-5-3-1;1-5(2,3)4;/h1-6H;1-4H3;1H2/q;+1;/p-1. The van der Waals surface area contributed by atoms with Crippen LogP contribution in [0.2, 0.25) is 0 Å². The number of benzene rings is 1. The molecule has 0 aliphatic heterocycles. The predicted octanol–water partition coefficient (Wildman–Crippen LogP) is 1.83. The van der Waals surface area contributed by atoms with Crippen molar-refractivity contribution in [2.45, 2.75) is 0 Å². The number of hydrogen-bond donors (Lipinski definition) is 0. The topological polar surface area (TPSA) is 30.0 Å². The van der Waals surface area contributed by atoms with Gasteiger partial charge < -0.3 is 9.96 Å². The molecule has 1 aromatic rings. The third-order valence-electron chi connectivity index (χ3n) is 0.667. The Morgan fingerprint density at radius 2 is 0.667 bits per heavy atom. The lowest BCUT2D eigenvalue weighted by atomic mass is 10.4. The quantitative estimate of drug-likeness (QED) is 0.545. The fourth-order valence-corrected chi connectivity index (χ4v) is 0.385. The van der Waals surface area contributed by atoms with E-state index < -0.39 is 0 Å². The van der Waals surface area contributed by atoms with Crippen LogP contribution in [0.4, 0.5) is 0 Å². The van der Waals surface area contributed by atoms with Gasteiger partial charge in [-0.1, -0.05) is 36.4 Å². The molecular formula is C10H19NO. The third kappa shape index (κ3) is 22.9. The fourth-order valence-electron chi connectivity index (χ4n) is 0.385. The van der Waals surface area contributed by atoms with Crippen LogP contribution in [0.3, 0.4) is 0 Å². The van der Waals surface area contributed by atoms with Crippen LogP contribution in [-0.2, 0) is 0 Å². The largest absolute Gasteiger partial charge is 0.870 e. The van der Waals surface area contributed by atoms with Crippen molar-refractivity contribution in [3.8, 4) is 0 Å². The molecule has 0 heterocycles. The molecule has 0 saturated heterocycles. The van der Waals surface area contributed by atoms with E-state index in [2.05, 4.69) is 28.2 Å². The molecule has 0 aromatic heterocycles. The predicted molar refractivity (Wildman–Crippen MR) is 52.3 cm³/mol. The van der Waals surface area contributed by atoms with Gasteiger partial charge in [0.25, 0.3) is 0 Å². The molecule has 0 spiro atoms. The van der Waals surface area contributed by atoms with Gasteiger partial charge in [0.1, 0.15) is 0 Å². The summed E-state index contributed by atoms with van der Waals surface area (Å²) in [5.74, 6) is 0. The first-order valence-electron chi connectivity index (χ1n) is 3.79. The van der Waals surface area contributed by atoms with Gasteiger partial charge >= 0.3 is 0 Å². The smallest absolute Gasteiger partial charge is 0.0675 e. The van der Waals surface area contributed by atoms with Gasteiger partial charge in [-0.3, -0.25) is 0 Å². The molecule has 12 heavy (non-hydrogen) atoms. The molecule has 70 valence electrons. The lowest BCUT2D eigenvalue weighted by Gasteiger charge is -2.14. The van der Waals surface area contributed by atoms with Crippen molar-refractivity contribution < 1.29 is 9.96 Å². The highest BCUT2D eigenvalue weighted by atomic mass is 16.0. The van der Waals surface area contributed by atoms with Crippen LogP contribution in [0.1, 0.15) is 0 Å². The summed E-state index contributed by atoms with van der Waals surface area (Å²) in [7, 11) is 8.50. The third-order valence-corrected chi connectivity index (χ3v) is 0.667. The van der Waals surface area contributed by atoms with Crippen molar-refractivity contribution in [3.63, 3.8) is 0 Å². The van der Waals surface area contributed by atoms with Crippen LogP contribution >= 0.6 is 0 Å². The SMILES string of the molecule is C[N+](C)(C)C.[OH-].c1ccccc1. The van der Waals surface area contributed by atoms with Crippen LogP contribution < -0.4 is 0 Å². The summed E-state index contributed by atoms with van der Waals surface area (Å²) in [5.41, 5.74) is 0. The van der Waals surface area contributed by atoms with Crippen LogP contribution in [-0.4, -0.2) is 38.1 Å². The van der Waals surface area contributed by atoms with Crippen LogP contribution in [0, 0.1) is 0 Å². The zero-order chi connectivity index (χ0) is 8.74. The summed E-state index contributed by atoms with van der Waals surface area (Å²) in [5, 5.41) is 0. The summed E-state index contributed by atoms with van der Waals surface area (Å²) >= 11 is 0. The average Bonchev–Trinajstić information content (AvgIpc) is 1.88. The molecule has 0 aliphatic rings. The minimum atomic E-state index is 0. The molecule has 0 atom stereocenters. The molecule has 0 radical (unpaired) electrons. The number of quaternary nitrogens is 1. The van der Waals surface area contributed by atoms with E-state index >= 15 is 0 Å². The zero-order valence-electron chi connectivity index (χ0n) is 8.36. The second-order valence-corrected chi connectivity index (χ2v) is 3.84. The number of nitrogens with zero attached hydrogens (tertiary/aromatic N) is 1. The second kappa shape index (κ2) is 6.83. The van der Waals surface area contributed by atoms with Crippen molar-refractivity contribution in [1.29, 1.82) is 0 Å². The van der Waals surface area contributed by atoms with E-state index in [0.717, 1.165) is 4.48 Å². The Kier molecular flexibility index (Phi) is 7.80. The Bertz CT molecular complexity index is 134. The first-order valence-corrected chi connectivity index (χ1v) is 3.79. The summed E-state index contributed by atoms with van der Waals surface area (Å²) in [6.07, 6.45) is 0. The van der Waals surface area contributed by atoms with Crippen molar-refractivity contribution >= 4 is 0 Å². The number of hydrogen-bond acceptors (Lipinski definition) is 1. The summed E-state index contributed by atoms with van der Waals surface area (Å²) in [4.78, 5) is 0. The maximum atomic E-state index is 2.12. The molecule has 0 fully saturated rings. The van der Waals surface area contributed by atoms with Gasteiger partial charge in [-0.2, -0.15) is 0 Å². The van der Waals surface area contributed by atoms with E-state index in [4.69, 9.17) is 0 Å². The Morgan fingerprint density at radius 3 is 0.750 bits per heavy atom. The van der Waals surface area contributed by atoms with Gasteiger partial charge in [0.05, 0.1) is 28.2 Å². The molecule has 0 bridgehead atoms. The second-order valence-electron chi connectivity index (χ2n) is 3.84. The van der Waals surface area contributed by atoms with Crippen molar-refractivity contribution in [2.24, 2.45) is 0 Å². The van der Waals surface area contributed by atoms with Crippen LogP contribution in [0.5, 0.6) is 0 Å². The molecular weight excluding hydrogens is 150 g/mol. The maximum absolute atomic E-state index is 2.12. The Hall–Kier alpha value is -0.860.